The lowest BCUT2D eigenvalue weighted by molar-refractivity contribution is 0.0479. The number of hydrogen-bond donors (Lipinski definition) is 4. The van der Waals surface area contributed by atoms with Crippen molar-refractivity contribution < 1.29 is 24.8 Å². The van der Waals surface area contributed by atoms with Gasteiger partial charge in [-0.2, -0.15) is 0 Å². The Morgan fingerprint density at radius 1 is 0.914 bits per heavy atom. The van der Waals surface area contributed by atoms with Gasteiger partial charge in [0.1, 0.15) is 34.5 Å². The number of hydrazine groups is 2. The topological polar surface area (TPSA) is 97.7 Å². The number of aliphatic hydroxyl groups is 3. The van der Waals surface area contributed by atoms with E-state index in [1.54, 1.807) is 10.0 Å². The average molecular weight is 597 g/mol. The lowest BCUT2D eigenvalue weighted by Crippen LogP contribution is -2.43. The molecule has 1 aliphatic heterocycles. The SMILES string of the molecule is CC[C@@H](O)COc1ccc(C(C)(C)c2ccc(OC[C@@H](O)CN3NN(C)C(CO)=C3I)cc2)cc1. The molecule has 2 aromatic carbocycles. The highest BCUT2D eigenvalue weighted by Crippen LogP contribution is 2.33. The normalized spacial score (nSPS) is 16.0. The summed E-state index contributed by atoms with van der Waals surface area (Å²) in [6.07, 6.45) is -0.501. The lowest BCUT2D eigenvalue weighted by atomic mass is 9.78. The summed E-state index contributed by atoms with van der Waals surface area (Å²) in [6.45, 7) is 6.95. The maximum absolute atomic E-state index is 10.4. The monoisotopic (exact) mass is 597 g/mol. The van der Waals surface area contributed by atoms with Gasteiger partial charge in [0.2, 0.25) is 0 Å². The molecule has 2 atom stereocenters. The Kier molecular flexibility index (Phi) is 9.65. The van der Waals surface area contributed by atoms with Crippen molar-refractivity contribution in [1.29, 1.82) is 0 Å². The zero-order valence-electron chi connectivity index (χ0n) is 20.7. The van der Waals surface area contributed by atoms with Crippen molar-refractivity contribution >= 4 is 22.6 Å². The van der Waals surface area contributed by atoms with Crippen molar-refractivity contribution in [3.63, 3.8) is 0 Å². The largest absolute Gasteiger partial charge is 0.491 e. The molecule has 0 fully saturated rings. The summed E-state index contributed by atoms with van der Waals surface area (Å²) in [5.41, 5.74) is 5.91. The van der Waals surface area contributed by atoms with Crippen molar-refractivity contribution in [3.05, 3.63) is 69.1 Å². The zero-order chi connectivity index (χ0) is 25.6. The maximum atomic E-state index is 10.4. The quantitative estimate of drug-likeness (QED) is 0.219. The number of nitrogens with one attached hydrogen (secondary N) is 1. The molecule has 0 radical (unpaired) electrons. The smallest absolute Gasteiger partial charge is 0.119 e. The van der Waals surface area contributed by atoms with Crippen molar-refractivity contribution in [2.24, 2.45) is 0 Å². The molecule has 9 heteroatoms. The molecule has 35 heavy (non-hydrogen) atoms. The molecule has 0 spiro atoms. The van der Waals surface area contributed by atoms with Gasteiger partial charge in [0.25, 0.3) is 0 Å². The fourth-order valence-corrected chi connectivity index (χ4v) is 4.58. The fraction of sp³-hybridized carbons (Fsp3) is 0.462. The molecule has 0 bridgehead atoms. The highest BCUT2D eigenvalue weighted by molar-refractivity contribution is 14.1. The van der Waals surface area contributed by atoms with Gasteiger partial charge in [-0.1, -0.05) is 45.0 Å². The molecule has 0 saturated carbocycles. The maximum Gasteiger partial charge on any atom is 0.119 e. The van der Waals surface area contributed by atoms with Gasteiger partial charge in [-0.25, -0.2) is 0 Å². The molecule has 8 nitrogen and oxygen atoms in total. The minimum Gasteiger partial charge on any atom is -0.491 e. The van der Waals surface area contributed by atoms with Gasteiger partial charge in [-0.05, 0) is 64.4 Å². The minimum atomic E-state index is -0.714. The van der Waals surface area contributed by atoms with E-state index < -0.39 is 12.2 Å². The molecule has 0 aromatic heterocycles. The molecular formula is C26H36IN3O5. The molecule has 3 rings (SSSR count). The summed E-state index contributed by atoms with van der Waals surface area (Å²) in [5, 5.41) is 33.1. The number of β-amino-alcohol motifs (C(OH)–C–C–N with tert-alkyl or cyclic N) is 1. The predicted molar refractivity (Wildman–Crippen MR) is 144 cm³/mol. The second-order valence-corrected chi connectivity index (χ2v) is 10.2. The van der Waals surface area contributed by atoms with Gasteiger partial charge in [0.05, 0.1) is 25.0 Å². The van der Waals surface area contributed by atoms with Crippen molar-refractivity contribution in [2.75, 3.05) is 33.4 Å². The van der Waals surface area contributed by atoms with Crippen LogP contribution in [0.3, 0.4) is 0 Å². The first kappa shape index (κ1) is 27.5. The van der Waals surface area contributed by atoms with Crippen LogP contribution in [0.2, 0.25) is 0 Å². The molecule has 192 valence electrons. The predicted octanol–water partition coefficient (Wildman–Crippen LogP) is 3.17. The van der Waals surface area contributed by atoms with E-state index in [9.17, 15) is 15.3 Å². The van der Waals surface area contributed by atoms with Crippen LogP contribution < -0.4 is 15.0 Å². The Balaban J connectivity index is 1.54. The van der Waals surface area contributed by atoms with Gasteiger partial charge >= 0.3 is 0 Å². The van der Waals surface area contributed by atoms with E-state index in [-0.39, 0.29) is 18.6 Å². The molecule has 0 unspecified atom stereocenters. The van der Waals surface area contributed by atoms with Crippen molar-refractivity contribution in [3.8, 4) is 11.5 Å². The second kappa shape index (κ2) is 12.3. The molecule has 0 aliphatic carbocycles. The minimum absolute atomic E-state index is 0.0748. The van der Waals surface area contributed by atoms with Gasteiger partial charge in [0.15, 0.2) is 0 Å². The molecule has 1 aliphatic rings. The average Bonchev–Trinajstić information content (AvgIpc) is 3.13. The third-order valence-electron chi connectivity index (χ3n) is 6.20. The van der Waals surface area contributed by atoms with Crippen LogP contribution in [0, 0.1) is 0 Å². The van der Waals surface area contributed by atoms with Gasteiger partial charge in [-0.3, -0.25) is 10.0 Å². The summed E-state index contributed by atoms with van der Waals surface area (Å²) in [7, 11) is 1.82. The number of rotatable bonds is 12. The summed E-state index contributed by atoms with van der Waals surface area (Å²) >= 11 is 2.14. The van der Waals surface area contributed by atoms with Crippen LogP contribution in [0.25, 0.3) is 0 Å². The Labute approximate surface area is 221 Å². The summed E-state index contributed by atoms with van der Waals surface area (Å²) in [5.74, 6) is 1.43. The van der Waals surface area contributed by atoms with E-state index >= 15 is 0 Å². The molecule has 2 aromatic rings. The zero-order valence-corrected chi connectivity index (χ0v) is 22.9. The number of halogens is 1. The highest BCUT2D eigenvalue weighted by Gasteiger charge is 2.26. The van der Waals surface area contributed by atoms with E-state index in [0.717, 1.165) is 26.3 Å². The van der Waals surface area contributed by atoms with Crippen molar-refractivity contribution in [1.82, 2.24) is 15.6 Å². The van der Waals surface area contributed by atoms with Crippen LogP contribution in [0.15, 0.2) is 57.9 Å². The Bertz CT molecular complexity index is 981. The van der Waals surface area contributed by atoms with Crippen LogP contribution in [0.1, 0.15) is 38.3 Å². The second-order valence-electron chi connectivity index (χ2n) is 9.18. The van der Waals surface area contributed by atoms with E-state index in [4.69, 9.17) is 9.47 Å². The van der Waals surface area contributed by atoms with Crippen LogP contribution in [0.5, 0.6) is 11.5 Å². The Morgan fingerprint density at radius 2 is 1.40 bits per heavy atom. The number of benzene rings is 2. The number of likely N-dealkylation sites (N-methyl/N-ethyl adjacent to an activating group) is 1. The van der Waals surface area contributed by atoms with Crippen molar-refractivity contribution in [2.45, 2.75) is 44.8 Å². The highest BCUT2D eigenvalue weighted by atomic mass is 127. The van der Waals surface area contributed by atoms with E-state index in [1.165, 1.54) is 0 Å². The Hall–Kier alpha value is -2.05. The summed E-state index contributed by atoms with van der Waals surface area (Å²) in [4.78, 5) is 0. The summed E-state index contributed by atoms with van der Waals surface area (Å²) < 4.78 is 12.3. The number of hydrogen-bond acceptors (Lipinski definition) is 8. The number of ether oxygens (including phenoxy) is 2. The standard InChI is InChI=1S/C26H36IN3O5/c1-5-20(32)16-34-22-10-6-18(7-11-22)26(2,3)19-8-12-23(13-9-19)35-17-21(33)14-30-25(27)24(15-31)29(4)28-30/h6-13,20-21,28,31-33H,5,14-17H2,1-4H3/t20-,21+/m1/s1. The molecular weight excluding hydrogens is 561 g/mol. The van der Waals surface area contributed by atoms with Crippen LogP contribution in [0.4, 0.5) is 0 Å². The van der Waals surface area contributed by atoms with E-state index in [1.807, 2.05) is 50.4 Å². The number of nitrogens with zero attached hydrogens (tertiary/aromatic N) is 2. The van der Waals surface area contributed by atoms with E-state index in [0.29, 0.717) is 25.3 Å². The molecule has 1 heterocycles. The van der Waals surface area contributed by atoms with Gasteiger partial charge in [0, 0.05) is 12.5 Å². The third-order valence-corrected chi connectivity index (χ3v) is 7.41. The molecule has 0 saturated heterocycles. The first-order chi connectivity index (χ1) is 16.6. The molecule has 4 N–H and O–H groups in total. The number of aliphatic hydroxyl groups excluding tert-OH is 3. The van der Waals surface area contributed by atoms with Crippen LogP contribution >= 0.6 is 22.6 Å². The van der Waals surface area contributed by atoms with E-state index in [2.05, 4.69) is 54.1 Å². The summed E-state index contributed by atoms with van der Waals surface area (Å²) in [6, 6.07) is 15.9. The van der Waals surface area contributed by atoms with Crippen LogP contribution in [-0.4, -0.2) is 71.0 Å². The van der Waals surface area contributed by atoms with Gasteiger partial charge < -0.3 is 24.8 Å². The van der Waals surface area contributed by atoms with Crippen LogP contribution in [-0.2, 0) is 5.41 Å². The lowest BCUT2D eigenvalue weighted by Gasteiger charge is -2.27. The first-order valence-corrected chi connectivity index (χ1v) is 12.8. The molecule has 0 amide bonds. The first-order valence-electron chi connectivity index (χ1n) is 11.8. The Morgan fingerprint density at radius 3 is 1.83 bits per heavy atom. The third kappa shape index (κ3) is 7.01. The fourth-order valence-electron chi connectivity index (χ4n) is 3.74. The van der Waals surface area contributed by atoms with Gasteiger partial charge in [-0.15, -0.1) is 5.53 Å².